The molecule has 1 aromatic carbocycles. The molecule has 0 aromatic heterocycles. The number of carbonyl (C=O) groups excluding carboxylic acids is 1. The van der Waals surface area contributed by atoms with Crippen molar-refractivity contribution in [3.05, 3.63) is 35.1 Å². The number of ether oxygens (including phenoxy) is 1. The summed E-state index contributed by atoms with van der Waals surface area (Å²) in [5.74, 6) is -1.17. The van der Waals surface area contributed by atoms with Gasteiger partial charge in [0.15, 0.2) is 0 Å². The summed E-state index contributed by atoms with van der Waals surface area (Å²) in [5.41, 5.74) is 0.306. The highest BCUT2D eigenvalue weighted by atomic mass is 19.3. The van der Waals surface area contributed by atoms with Crippen LogP contribution >= 0.6 is 0 Å². The number of carbonyl (C=O) groups is 1. The molecule has 1 amide bonds. The number of aryl methyl sites for hydroxylation is 1. The zero-order valence-electron chi connectivity index (χ0n) is 9.88. The van der Waals surface area contributed by atoms with E-state index in [0.29, 0.717) is 5.56 Å². The van der Waals surface area contributed by atoms with Crippen LogP contribution in [-0.4, -0.2) is 32.1 Å². The third-order valence-electron chi connectivity index (χ3n) is 2.21. The highest BCUT2D eigenvalue weighted by molar-refractivity contribution is 5.94. The molecule has 1 rings (SSSR count). The van der Waals surface area contributed by atoms with Crippen LogP contribution in [0.4, 0.5) is 13.2 Å². The third-order valence-corrected chi connectivity index (χ3v) is 2.21. The predicted octanol–water partition coefficient (Wildman–Crippen LogP) is 2.15. The molecule has 3 nitrogen and oxygen atoms in total. The molecule has 18 heavy (non-hydrogen) atoms. The van der Waals surface area contributed by atoms with Crippen LogP contribution in [0, 0.1) is 12.7 Å². The van der Waals surface area contributed by atoms with Crippen LogP contribution in [0.15, 0.2) is 18.2 Å². The fourth-order valence-electron chi connectivity index (χ4n) is 1.33. The lowest BCUT2D eigenvalue weighted by atomic mass is 10.1. The minimum Gasteiger partial charge on any atom is -0.374 e. The quantitative estimate of drug-likeness (QED) is 0.797. The molecule has 0 bridgehead atoms. The van der Waals surface area contributed by atoms with Gasteiger partial charge in [-0.05, 0) is 18.6 Å². The smallest absolute Gasteiger partial charge is 0.261 e. The van der Waals surface area contributed by atoms with Gasteiger partial charge in [-0.1, -0.05) is 12.1 Å². The van der Waals surface area contributed by atoms with Gasteiger partial charge in [0.05, 0.1) is 12.2 Å². The monoisotopic (exact) mass is 261 g/mol. The summed E-state index contributed by atoms with van der Waals surface area (Å²) in [6.07, 6.45) is -2.53. The summed E-state index contributed by atoms with van der Waals surface area (Å²) in [4.78, 5) is 11.6. The molecule has 0 aliphatic carbocycles. The molecule has 0 heterocycles. The molecule has 0 aliphatic rings. The average Bonchev–Trinajstić information content (AvgIpc) is 2.31. The fourth-order valence-corrected chi connectivity index (χ4v) is 1.33. The molecule has 0 fully saturated rings. The minimum absolute atomic E-state index is 0.0382. The number of benzene rings is 1. The van der Waals surface area contributed by atoms with Gasteiger partial charge in [-0.25, -0.2) is 13.2 Å². The Hall–Kier alpha value is -1.56. The Balaban J connectivity index is 2.39. The van der Waals surface area contributed by atoms with Crippen molar-refractivity contribution in [2.75, 3.05) is 19.8 Å². The van der Waals surface area contributed by atoms with Crippen LogP contribution in [0.5, 0.6) is 0 Å². The number of hydrogen-bond donors (Lipinski definition) is 1. The fraction of sp³-hybridized carbons (Fsp3) is 0.417. The molecule has 6 heteroatoms. The van der Waals surface area contributed by atoms with E-state index in [2.05, 4.69) is 10.1 Å². The molecule has 1 aromatic rings. The van der Waals surface area contributed by atoms with E-state index < -0.39 is 24.8 Å². The number of nitrogens with one attached hydrogen (secondary N) is 1. The van der Waals surface area contributed by atoms with Gasteiger partial charge >= 0.3 is 0 Å². The zero-order chi connectivity index (χ0) is 13.5. The summed E-state index contributed by atoms with van der Waals surface area (Å²) in [5, 5.41) is 2.39. The summed E-state index contributed by atoms with van der Waals surface area (Å²) >= 11 is 0. The molecule has 100 valence electrons. The Morgan fingerprint density at radius 3 is 2.83 bits per heavy atom. The summed E-state index contributed by atoms with van der Waals surface area (Å²) in [7, 11) is 0. The van der Waals surface area contributed by atoms with E-state index in [1.54, 1.807) is 19.1 Å². The largest absolute Gasteiger partial charge is 0.374 e. The maximum absolute atomic E-state index is 13.5. The lowest BCUT2D eigenvalue weighted by Crippen LogP contribution is -2.28. The Kier molecular flexibility index (Phi) is 5.64. The van der Waals surface area contributed by atoms with Crippen LogP contribution in [0.2, 0.25) is 0 Å². The normalized spacial score (nSPS) is 10.7. The van der Waals surface area contributed by atoms with Gasteiger partial charge < -0.3 is 10.1 Å². The number of rotatable bonds is 6. The van der Waals surface area contributed by atoms with E-state index in [9.17, 15) is 18.0 Å². The van der Waals surface area contributed by atoms with Crippen molar-refractivity contribution >= 4 is 5.91 Å². The van der Waals surface area contributed by atoms with Crippen molar-refractivity contribution in [3.63, 3.8) is 0 Å². The van der Waals surface area contributed by atoms with Crippen LogP contribution in [0.25, 0.3) is 0 Å². The number of amides is 1. The minimum atomic E-state index is -2.53. The molecular weight excluding hydrogens is 247 g/mol. The van der Waals surface area contributed by atoms with E-state index >= 15 is 0 Å². The van der Waals surface area contributed by atoms with Gasteiger partial charge in [0.1, 0.15) is 12.4 Å². The van der Waals surface area contributed by atoms with Crippen molar-refractivity contribution in [2.45, 2.75) is 13.3 Å². The van der Waals surface area contributed by atoms with E-state index in [1.807, 2.05) is 0 Å². The number of halogens is 3. The first kappa shape index (κ1) is 14.5. The first-order valence-electron chi connectivity index (χ1n) is 5.41. The standard InChI is InChI=1S/C12H14F3NO2/c1-8-3-2-4-9(11(8)15)12(17)16-5-6-18-7-10(13)14/h2-4,10H,5-7H2,1H3,(H,16,17). The SMILES string of the molecule is Cc1cccc(C(=O)NCCOCC(F)F)c1F. The zero-order valence-corrected chi connectivity index (χ0v) is 9.88. The lowest BCUT2D eigenvalue weighted by molar-refractivity contribution is 0.0188. The second-order valence-electron chi connectivity index (χ2n) is 3.66. The molecule has 0 saturated carbocycles. The topological polar surface area (TPSA) is 38.3 Å². The number of alkyl halides is 2. The van der Waals surface area contributed by atoms with Gasteiger partial charge in [0.25, 0.3) is 12.3 Å². The predicted molar refractivity (Wildman–Crippen MR) is 60.3 cm³/mol. The van der Waals surface area contributed by atoms with E-state index in [-0.39, 0.29) is 18.7 Å². The molecule has 0 atom stereocenters. The van der Waals surface area contributed by atoms with Crippen LogP contribution < -0.4 is 5.32 Å². The molecule has 0 aliphatic heterocycles. The first-order chi connectivity index (χ1) is 8.52. The van der Waals surface area contributed by atoms with Crippen molar-refractivity contribution in [2.24, 2.45) is 0 Å². The maximum atomic E-state index is 13.5. The molecular formula is C12H14F3NO2. The second-order valence-corrected chi connectivity index (χ2v) is 3.66. The molecule has 0 unspecified atom stereocenters. The number of hydrogen-bond acceptors (Lipinski definition) is 2. The van der Waals surface area contributed by atoms with Crippen LogP contribution in [0.3, 0.4) is 0 Å². The van der Waals surface area contributed by atoms with E-state index in [4.69, 9.17) is 0 Å². The van der Waals surface area contributed by atoms with E-state index in [0.717, 1.165) is 0 Å². The van der Waals surface area contributed by atoms with Gasteiger partial charge in [-0.2, -0.15) is 0 Å². The Morgan fingerprint density at radius 2 is 2.17 bits per heavy atom. The third kappa shape index (κ3) is 4.37. The van der Waals surface area contributed by atoms with Gasteiger partial charge in [-0.15, -0.1) is 0 Å². The second kappa shape index (κ2) is 7.00. The Bertz CT molecular complexity index is 410. The van der Waals surface area contributed by atoms with Crippen LogP contribution in [0.1, 0.15) is 15.9 Å². The van der Waals surface area contributed by atoms with Crippen LogP contribution in [-0.2, 0) is 4.74 Å². The highest BCUT2D eigenvalue weighted by Crippen LogP contribution is 2.11. The van der Waals surface area contributed by atoms with Gasteiger partial charge in [0, 0.05) is 6.54 Å². The summed E-state index contributed by atoms with van der Waals surface area (Å²) in [6.45, 7) is 0.898. The molecule has 1 N–H and O–H groups in total. The van der Waals surface area contributed by atoms with Crippen molar-refractivity contribution in [1.29, 1.82) is 0 Å². The van der Waals surface area contributed by atoms with E-state index in [1.165, 1.54) is 6.07 Å². The summed E-state index contributed by atoms with van der Waals surface area (Å²) < 4.78 is 41.6. The molecule has 0 saturated heterocycles. The molecule has 0 radical (unpaired) electrons. The Labute approximate surface area is 103 Å². The van der Waals surface area contributed by atoms with Crippen molar-refractivity contribution < 1.29 is 22.7 Å². The van der Waals surface area contributed by atoms with Gasteiger partial charge in [0.2, 0.25) is 0 Å². The lowest BCUT2D eigenvalue weighted by Gasteiger charge is -2.07. The van der Waals surface area contributed by atoms with Crippen molar-refractivity contribution in [3.8, 4) is 0 Å². The Morgan fingerprint density at radius 1 is 1.44 bits per heavy atom. The molecule has 0 spiro atoms. The van der Waals surface area contributed by atoms with Gasteiger partial charge in [-0.3, -0.25) is 4.79 Å². The average molecular weight is 261 g/mol. The summed E-state index contributed by atoms with van der Waals surface area (Å²) in [6, 6.07) is 4.48. The maximum Gasteiger partial charge on any atom is 0.261 e. The first-order valence-corrected chi connectivity index (χ1v) is 5.41. The van der Waals surface area contributed by atoms with Crippen molar-refractivity contribution in [1.82, 2.24) is 5.32 Å². The highest BCUT2D eigenvalue weighted by Gasteiger charge is 2.12.